The fraction of sp³-hybridized carbons (Fsp3) is 0.250. The summed E-state index contributed by atoms with van der Waals surface area (Å²) in [5.41, 5.74) is 0. The molecule has 3 heteroatoms. The summed E-state index contributed by atoms with van der Waals surface area (Å²) in [4.78, 5) is 9.69. The van der Waals surface area contributed by atoms with Crippen molar-refractivity contribution in [3.63, 3.8) is 0 Å². The molecule has 0 aromatic rings. The number of allylic oxidation sites excluding steroid dienone is 1. The van der Waals surface area contributed by atoms with Gasteiger partial charge in [-0.2, -0.15) is 0 Å². The first-order valence-corrected chi connectivity index (χ1v) is 1.40. The third-order valence-corrected chi connectivity index (χ3v) is 0.287. The molecule has 0 N–H and O–H groups in total. The number of hydrogen-bond acceptors (Lipinski definition) is 1. The Morgan fingerprint density at radius 3 is 1.86 bits per heavy atom. The van der Waals surface area contributed by atoms with Gasteiger partial charge in [-0.3, -0.25) is 4.79 Å². The summed E-state index contributed by atoms with van der Waals surface area (Å²) in [6, 6.07) is 0. The van der Waals surface area contributed by atoms with Crippen molar-refractivity contribution in [3.05, 3.63) is 12.7 Å². The van der Waals surface area contributed by atoms with E-state index in [9.17, 15) is 4.79 Å². The number of carbonyl (C=O) groups is 1. The summed E-state index contributed by atoms with van der Waals surface area (Å²) in [7, 11) is 0. The number of ketones is 1. The molecule has 0 aliphatic heterocycles. The van der Waals surface area contributed by atoms with Crippen LogP contribution in [0.2, 0.25) is 0 Å². The molecule has 49 valence electrons. The van der Waals surface area contributed by atoms with E-state index in [-0.39, 0.29) is 39.3 Å². The first-order chi connectivity index (χ1) is 2.27. The van der Waals surface area contributed by atoms with E-state index in [1.54, 1.807) is 0 Å². The molecule has 1 nitrogen and oxygen atoms in total. The van der Waals surface area contributed by atoms with Crippen LogP contribution >= 0.6 is 0 Å². The number of hydrogen-bond donors (Lipinski definition) is 0. The topological polar surface area (TPSA) is 17.1 Å². The van der Waals surface area contributed by atoms with Crippen LogP contribution in [0.4, 0.5) is 0 Å². The van der Waals surface area contributed by atoms with Gasteiger partial charge in [0.15, 0.2) is 5.78 Å². The standard InChI is InChI=1S/C4H6O.Cu.Ni/c1-3-4(2)5;;/h3H,1H2,2H3;;. The molecule has 0 aromatic heterocycles. The van der Waals surface area contributed by atoms with E-state index < -0.39 is 0 Å². The van der Waals surface area contributed by atoms with E-state index in [0.717, 1.165) is 0 Å². The van der Waals surface area contributed by atoms with Crippen molar-refractivity contribution in [1.29, 1.82) is 0 Å². The summed E-state index contributed by atoms with van der Waals surface area (Å²) >= 11 is 0. The Morgan fingerprint density at radius 2 is 1.86 bits per heavy atom. The molecule has 7 heavy (non-hydrogen) atoms. The zero-order valence-electron chi connectivity index (χ0n) is 3.81. The van der Waals surface area contributed by atoms with Gasteiger partial charge in [-0.25, -0.2) is 0 Å². The molecule has 0 saturated heterocycles. The van der Waals surface area contributed by atoms with Gasteiger partial charge < -0.3 is 0 Å². The zero-order valence-corrected chi connectivity index (χ0v) is 5.74. The first kappa shape index (κ1) is 15.7. The SMILES string of the molecule is C=CC(C)=O.[Cu].[Ni]. The fourth-order valence-corrected chi connectivity index (χ4v) is 0. The third-order valence-electron chi connectivity index (χ3n) is 0.287. The summed E-state index contributed by atoms with van der Waals surface area (Å²) in [5.74, 6) is 0.0185. The summed E-state index contributed by atoms with van der Waals surface area (Å²) in [6.45, 7) is 4.68. The van der Waals surface area contributed by atoms with Crippen molar-refractivity contribution >= 4 is 5.78 Å². The molecule has 0 spiro atoms. The van der Waals surface area contributed by atoms with E-state index in [0.29, 0.717) is 0 Å². The van der Waals surface area contributed by atoms with Crippen molar-refractivity contribution in [2.24, 2.45) is 0 Å². The fourth-order valence-electron chi connectivity index (χ4n) is 0. The van der Waals surface area contributed by atoms with Gasteiger partial charge in [0, 0.05) is 33.6 Å². The average Bonchev–Trinajstić information content (AvgIpc) is 1.38. The molecule has 0 bridgehead atoms. The van der Waals surface area contributed by atoms with Crippen LogP contribution in [0.5, 0.6) is 0 Å². The molecule has 0 rings (SSSR count). The van der Waals surface area contributed by atoms with Gasteiger partial charge >= 0.3 is 0 Å². The van der Waals surface area contributed by atoms with E-state index in [1.807, 2.05) is 0 Å². The monoisotopic (exact) mass is 191 g/mol. The van der Waals surface area contributed by atoms with Gasteiger partial charge in [-0.05, 0) is 13.0 Å². The Bertz CT molecular complexity index is 62.7. The van der Waals surface area contributed by atoms with Gasteiger partial charge in [0.1, 0.15) is 0 Å². The maximum Gasteiger partial charge on any atom is 0.152 e. The summed E-state index contributed by atoms with van der Waals surface area (Å²) in [6.07, 6.45) is 1.28. The Hall–Kier alpha value is 0.423. The van der Waals surface area contributed by atoms with Crippen molar-refractivity contribution in [2.45, 2.75) is 6.92 Å². The van der Waals surface area contributed by atoms with E-state index in [4.69, 9.17) is 0 Å². The minimum absolute atomic E-state index is 0. The Balaban J connectivity index is -0.0000000800. The van der Waals surface area contributed by atoms with Crippen LogP contribution in [-0.2, 0) is 38.4 Å². The van der Waals surface area contributed by atoms with Crippen LogP contribution in [0.15, 0.2) is 12.7 Å². The largest absolute Gasteiger partial charge is 0.295 e. The summed E-state index contributed by atoms with van der Waals surface area (Å²) in [5, 5.41) is 0. The molecule has 0 saturated carbocycles. The summed E-state index contributed by atoms with van der Waals surface area (Å²) < 4.78 is 0. The van der Waals surface area contributed by atoms with Crippen LogP contribution in [0.1, 0.15) is 6.92 Å². The van der Waals surface area contributed by atoms with Gasteiger partial charge in [-0.1, -0.05) is 6.58 Å². The Morgan fingerprint density at radius 1 is 1.71 bits per heavy atom. The second-order valence-corrected chi connectivity index (χ2v) is 0.815. The van der Waals surface area contributed by atoms with E-state index in [1.165, 1.54) is 13.0 Å². The van der Waals surface area contributed by atoms with Crippen LogP contribution in [-0.4, -0.2) is 5.78 Å². The molecule has 0 aliphatic rings. The molecule has 1 radical (unpaired) electrons. The second-order valence-electron chi connectivity index (χ2n) is 0.815. The minimum Gasteiger partial charge on any atom is -0.295 e. The van der Waals surface area contributed by atoms with E-state index >= 15 is 0 Å². The molecular weight excluding hydrogens is 186 g/mol. The molecule has 0 aliphatic carbocycles. The third kappa shape index (κ3) is 21.4. The predicted octanol–water partition coefficient (Wildman–Crippen LogP) is 0.756. The Kier molecular flexibility index (Phi) is 21.6. The molecular formula is C4H6CuNiO. The smallest absolute Gasteiger partial charge is 0.152 e. The normalized spacial score (nSPS) is 4.71. The average molecular weight is 192 g/mol. The van der Waals surface area contributed by atoms with Crippen molar-refractivity contribution in [2.75, 3.05) is 0 Å². The van der Waals surface area contributed by atoms with Gasteiger partial charge in [0.2, 0.25) is 0 Å². The van der Waals surface area contributed by atoms with Crippen LogP contribution in [0.3, 0.4) is 0 Å². The second kappa shape index (κ2) is 9.66. The molecule has 0 atom stereocenters. The number of rotatable bonds is 1. The van der Waals surface area contributed by atoms with E-state index in [2.05, 4.69) is 6.58 Å². The zero-order chi connectivity index (χ0) is 4.28. The van der Waals surface area contributed by atoms with Crippen molar-refractivity contribution in [1.82, 2.24) is 0 Å². The van der Waals surface area contributed by atoms with Crippen LogP contribution in [0.25, 0.3) is 0 Å². The van der Waals surface area contributed by atoms with Gasteiger partial charge in [-0.15, -0.1) is 0 Å². The molecule has 0 aromatic carbocycles. The predicted molar refractivity (Wildman–Crippen MR) is 20.9 cm³/mol. The quantitative estimate of drug-likeness (QED) is 0.443. The van der Waals surface area contributed by atoms with Crippen LogP contribution in [0, 0.1) is 0 Å². The molecule has 0 heterocycles. The Labute approximate surface area is 63.9 Å². The van der Waals surface area contributed by atoms with Gasteiger partial charge in [0.25, 0.3) is 0 Å². The number of carbonyl (C=O) groups excluding carboxylic acids is 1. The van der Waals surface area contributed by atoms with Crippen molar-refractivity contribution < 1.29 is 38.4 Å². The van der Waals surface area contributed by atoms with Crippen LogP contribution < -0.4 is 0 Å². The maximum absolute atomic E-state index is 9.69. The minimum atomic E-state index is 0. The molecule has 0 unspecified atom stereocenters. The van der Waals surface area contributed by atoms with Crippen molar-refractivity contribution in [3.8, 4) is 0 Å². The van der Waals surface area contributed by atoms with Gasteiger partial charge in [0.05, 0.1) is 0 Å². The molecule has 0 fully saturated rings. The molecule has 0 amide bonds. The maximum atomic E-state index is 9.69. The first-order valence-electron chi connectivity index (χ1n) is 1.40.